The number of methoxy groups -OCH3 is 1. The van der Waals surface area contributed by atoms with Crippen molar-refractivity contribution in [1.82, 2.24) is 5.32 Å². The molecule has 0 radical (unpaired) electrons. The van der Waals surface area contributed by atoms with E-state index in [1.807, 2.05) is 0 Å². The SMILES string of the molecule is CCOc1cc([N+](=O)[O-])c(C(=O)N[C@@H]2C[C@H]3C[C@H]2[C@H]2CCC[C@H]32)cc1OC. The number of rotatable bonds is 6. The third-order valence-electron chi connectivity index (χ3n) is 6.77. The van der Waals surface area contributed by atoms with Crippen molar-refractivity contribution < 1.29 is 19.2 Å². The molecule has 3 saturated carbocycles. The topological polar surface area (TPSA) is 90.7 Å². The van der Waals surface area contributed by atoms with E-state index >= 15 is 0 Å². The Kier molecular flexibility index (Phi) is 4.70. The molecule has 0 saturated heterocycles. The zero-order valence-corrected chi connectivity index (χ0v) is 15.8. The predicted molar refractivity (Wildman–Crippen MR) is 99.1 cm³/mol. The summed E-state index contributed by atoms with van der Waals surface area (Å²) < 4.78 is 10.7. The van der Waals surface area contributed by atoms with Crippen molar-refractivity contribution in [3.63, 3.8) is 0 Å². The van der Waals surface area contributed by atoms with Gasteiger partial charge in [-0.05, 0) is 56.3 Å². The van der Waals surface area contributed by atoms with Gasteiger partial charge in [0.1, 0.15) is 5.56 Å². The van der Waals surface area contributed by atoms with Gasteiger partial charge < -0.3 is 14.8 Å². The molecule has 1 N–H and O–H groups in total. The fourth-order valence-corrected chi connectivity index (χ4v) is 5.79. The molecule has 0 heterocycles. The zero-order chi connectivity index (χ0) is 19.1. The molecule has 0 spiro atoms. The minimum absolute atomic E-state index is 0.0334. The Morgan fingerprint density at radius 2 is 2.00 bits per heavy atom. The van der Waals surface area contributed by atoms with Crippen molar-refractivity contribution in [2.24, 2.45) is 23.7 Å². The van der Waals surface area contributed by atoms with Gasteiger partial charge in [0.2, 0.25) is 0 Å². The average molecular weight is 374 g/mol. The first-order valence-electron chi connectivity index (χ1n) is 9.83. The van der Waals surface area contributed by atoms with E-state index in [-0.39, 0.29) is 23.0 Å². The van der Waals surface area contributed by atoms with Crippen LogP contribution in [-0.2, 0) is 0 Å². The largest absolute Gasteiger partial charge is 0.493 e. The first-order chi connectivity index (χ1) is 13.0. The molecule has 7 heteroatoms. The lowest BCUT2D eigenvalue weighted by Crippen LogP contribution is -2.42. The van der Waals surface area contributed by atoms with E-state index in [2.05, 4.69) is 5.32 Å². The first kappa shape index (κ1) is 18.1. The summed E-state index contributed by atoms with van der Waals surface area (Å²) in [7, 11) is 1.46. The smallest absolute Gasteiger partial charge is 0.286 e. The van der Waals surface area contributed by atoms with Crippen LogP contribution in [0.25, 0.3) is 0 Å². The summed E-state index contributed by atoms with van der Waals surface area (Å²) >= 11 is 0. The van der Waals surface area contributed by atoms with Crippen molar-refractivity contribution in [1.29, 1.82) is 0 Å². The van der Waals surface area contributed by atoms with Gasteiger partial charge in [0.15, 0.2) is 11.5 Å². The lowest BCUT2D eigenvalue weighted by atomic mass is 9.79. The van der Waals surface area contributed by atoms with Crippen molar-refractivity contribution in [2.75, 3.05) is 13.7 Å². The van der Waals surface area contributed by atoms with Gasteiger partial charge in [-0.2, -0.15) is 0 Å². The van der Waals surface area contributed by atoms with Crippen LogP contribution in [0.2, 0.25) is 0 Å². The highest BCUT2D eigenvalue weighted by Crippen LogP contribution is 2.58. The summed E-state index contributed by atoms with van der Waals surface area (Å²) in [5.74, 6) is 3.00. The van der Waals surface area contributed by atoms with Crippen LogP contribution in [0.1, 0.15) is 49.4 Å². The summed E-state index contributed by atoms with van der Waals surface area (Å²) in [5.41, 5.74) is -0.218. The molecular formula is C20H26N2O5. The van der Waals surface area contributed by atoms with Gasteiger partial charge in [-0.1, -0.05) is 6.42 Å². The Balaban J connectivity index is 1.57. The molecule has 3 aliphatic rings. The van der Waals surface area contributed by atoms with Crippen LogP contribution >= 0.6 is 0 Å². The van der Waals surface area contributed by atoms with Crippen molar-refractivity contribution >= 4 is 11.6 Å². The van der Waals surface area contributed by atoms with Gasteiger partial charge >= 0.3 is 0 Å². The summed E-state index contributed by atoms with van der Waals surface area (Å²) in [6.45, 7) is 2.14. The maximum atomic E-state index is 12.9. The quantitative estimate of drug-likeness (QED) is 0.607. The van der Waals surface area contributed by atoms with E-state index in [1.165, 1.54) is 44.9 Å². The Hall–Kier alpha value is -2.31. The number of nitro groups is 1. The molecule has 0 aliphatic heterocycles. The van der Waals surface area contributed by atoms with E-state index in [0.717, 1.165) is 18.3 Å². The minimum Gasteiger partial charge on any atom is -0.493 e. The number of carbonyl (C=O) groups excluding carboxylic acids is 1. The zero-order valence-electron chi connectivity index (χ0n) is 15.8. The van der Waals surface area contributed by atoms with Gasteiger partial charge in [-0.15, -0.1) is 0 Å². The second kappa shape index (κ2) is 7.02. The molecule has 0 unspecified atom stereocenters. The molecule has 1 aromatic carbocycles. The molecule has 146 valence electrons. The number of nitrogens with one attached hydrogen (secondary N) is 1. The van der Waals surface area contributed by atoms with E-state index < -0.39 is 10.8 Å². The van der Waals surface area contributed by atoms with Gasteiger partial charge in [0.05, 0.1) is 24.7 Å². The molecule has 4 rings (SSSR count). The highest BCUT2D eigenvalue weighted by molar-refractivity contribution is 5.99. The second-order valence-electron chi connectivity index (χ2n) is 7.94. The second-order valence-corrected chi connectivity index (χ2v) is 7.94. The molecule has 2 bridgehead atoms. The summed E-state index contributed by atoms with van der Waals surface area (Å²) in [5, 5.41) is 14.6. The Morgan fingerprint density at radius 3 is 2.70 bits per heavy atom. The average Bonchev–Trinajstić information content (AvgIpc) is 3.34. The Bertz CT molecular complexity index is 765. The standard InChI is InChI=1S/C20H26N2O5/c1-3-27-19-10-17(22(24)25)15(9-18(19)26-2)20(23)21-16-8-11-7-14(16)13-6-4-5-12(11)13/h9-14,16H,3-8H2,1-2H3,(H,21,23)/t11-,12-,13+,14+,16-/m1/s1. The summed E-state index contributed by atoms with van der Waals surface area (Å²) in [6, 6.07) is 2.83. The predicted octanol–water partition coefficient (Wildman–Crippen LogP) is 3.56. The first-order valence-corrected chi connectivity index (χ1v) is 9.83. The van der Waals surface area contributed by atoms with Gasteiger partial charge in [0, 0.05) is 12.1 Å². The number of ether oxygens (including phenoxy) is 2. The maximum absolute atomic E-state index is 12.9. The van der Waals surface area contributed by atoms with Gasteiger partial charge in [-0.25, -0.2) is 0 Å². The molecule has 27 heavy (non-hydrogen) atoms. The van der Waals surface area contributed by atoms with Crippen LogP contribution in [-0.4, -0.2) is 30.6 Å². The molecule has 7 nitrogen and oxygen atoms in total. The Morgan fingerprint density at radius 1 is 1.22 bits per heavy atom. The number of amides is 1. The number of fused-ring (bicyclic) bond motifs is 5. The number of benzene rings is 1. The van der Waals surface area contributed by atoms with Crippen LogP contribution in [0.4, 0.5) is 5.69 Å². The summed E-state index contributed by atoms with van der Waals surface area (Å²) in [6.07, 6.45) is 6.07. The lowest BCUT2D eigenvalue weighted by Gasteiger charge is -2.32. The minimum atomic E-state index is -0.537. The monoisotopic (exact) mass is 374 g/mol. The highest BCUT2D eigenvalue weighted by Gasteiger charge is 2.54. The van der Waals surface area contributed by atoms with E-state index in [4.69, 9.17) is 9.47 Å². The molecule has 1 aromatic rings. The van der Waals surface area contributed by atoms with Gasteiger partial charge in [-0.3, -0.25) is 14.9 Å². The fraction of sp³-hybridized carbons (Fsp3) is 0.650. The van der Waals surface area contributed by atoms with Crippen LogP contribution in [0, 0.1) is 33.8 Å². The van der Waals surface area contributed by atoms with Crippen LogP contribution in [0.3, 0.4) is 0 Å². The third-order valence-corrected chi connectivity index (χ3v) is 6.77. The lowest BCUT2D eigenvalue weighted by molar-refractivity contribution is -0.385. The van der Waals surface area contributed by atoms with Crippen LogP contribution in [0.15, 0.2) is 12.1 Å². The molecular weight excluding hydrogens is 348 g/mol. The number of hydrogen-bond acceptors (Lipinski definition) is 5. The molecule has 5 atom stereocenters. The normalized spacial score (nSPS) is 30.8. The molecule has 1 amide bonds. The van der Waals surface area contributed by atoms with E-state index in [1.54, 1.807) is 6.92 Å². The molecule has 3 aliphatic carbocycles. The summed E-state index contributed by atoms with van der Waals surface area (Å²) in [4.78, 5) is 23.9. The maximum Gasteiger partial charge on any atom is 0.286 e. The van der Waals surface area contributed by atoms with Crippen molar-refractivity contribution in [3.8, 4) is 11.5 Å². The van der Waals surface area contributed by atoms with E-state index in [9.17, 15) is 14.9 Å². The Labute approximate surface area is 158 Å². The van der Waals surface area contributed by atoms with Crippen molar-refractivity contribution in [2.45, 2.75) is 45.1 Å². The van der Waals surface area contributed by atoms with E-state index in [0.29, 0.717) is 24.2 Å². The number of nitrogens with zero attached hydrogens (tertiary/aromatic N) is 1. The number of nitro benzene ring substituents is 1. The highest BCUT2D eigenvalue weighted by atomic mass is 16.6. The third kappa shape index (κ3) is 3.03. The number of carbonyl (C=O) groups is 1. The van der Waals surface area contributed by atoms with Crippen LogP contribution in [0.5, 0.6) is 11.5 Å². The fourth-order valence-electron chi connectivity index (χ4n) is 5.79. The van der Waals surface area contributed by atoms with Crippen molar-refractivity contribution in [3.05, 3.63) is 27.8 Å². The molecule has 3 fully saturated rings. The van der Waals surface area contributed by atoms with Crippen LogP contribution < -0.4 is 14.8 Å². The number of hydrogen-bond donors (Lipinski definition) is 1. The molecule has 0 aromatic heterocycles. The van der Waals surface area contributed by atoms with Gasteiger partial charge in [0.25, 0.3) is 11.6 Å².